The summed E-state index contributed by atoms with van der Waals surface area (Å²) in [5.74, 6) is 1.56. The molecule has 0 saturated carbocycles. The maximum absolute atomic E-state index is 5.67. The third-order valence-electron chi connectivity index (χ3n) is 2.53. The van der Waals surface area contributed by atoms with Crippen molar-refractivity contribution in [2.45, 2.75) is 13.5 Å². The van der Waals surface area contributed by atoms with Crippen molar-refractivity contribution in [2.24, 2.45) is 0 Å². The van der Waals surface area contributed by atoms with Crippen LogP contribution in [0.1, 0.15) is 6.92 Å². The summed E-state index contributed by atoms with van der Waals surface area (Å²) in [5, 5.41) is 0. The highest BCUT2D eigenvalue weighted by atomic mass is 16.5. The summed E-state index contributed by atoms with van der Waals surface area (Å²) >= 11 is 0. The van der Waals surface area contributed by atoms with Gasteiger partial charge in [0.05, 0.1) is 12.9 Å². The molecule has 0 atom stereocenters. The van der Waals surface area contributed by atoms with Crippen molar-refractivity contribution in [1.82, 2.24) is 9.55 Å². The molecule has 0 N–H and O–H groups in total. The lowest BCUT2D eigenvalue weighted by atomic mass is 10.3. The van der Waals surface area contributed by atoms with Gasteiger partial charge in [-0.15, -0.1) is 0 Å². The van der Waals surface area contributed by atoms with Gasteiger partial charge >= 0.3 is 0 Å². The van der Waals surface area contributed by atoms with E-state index < -0.39 is 0 Å². The molecule has 0 radical (unpaired) electrons. The molecule has 0 bridgehead atoms. The van der Waals surface area contributed by atoms with E-state index in [0.717, 1.165) is 18.0 Å². The van der Waals surface area contributed by atoms with Crippen LogP contribution in [0.3, 0.4) is 0 Å². The van der Waals surface area contributed by atoms with Crippen molar-refractivity contribution in [1.29, 1.82) is 0 Å². The number of imidazole rings is 1. The molecular weight excluding hydrogens is 240 g/mol. The van der Waals surface area contributed by atoms with E-state index in [0.29, 0.717) is 13.2 Å². The molecule has 0 fully saturated rings. The zero-order chi connectivity index (χ0) is 13.3. The molecule has 0 unspecified atom stereocenters. The van der Waals surface area contributed by atoms with E-state index in [2.05, 4.69) is 4.98 Å². The fourth-order valence-electron chi connectivity index (χ4n) is 1.64. The molecule has 100 valence electrons. The zero-order valence-corrected chi connectivity index (χ0v) is 11.0. The molecule has 0 amide bonds. The fraction of sp³-hybridized carbons (Fsp3) is 0.267. The molecule has 4 heteroatoms. The predicted molar refractivity (Wildman–Crippen MR) is 74.5 cm³/mol. The molecule has 0 aliphatic heterocycles. The van der Waals surface area contributed by atoms with Crippen LogP contribution in [-0.2, 0) is 6.54 Å². The predicted octanol–water partition coefficient (Wildman–Crippen LogP) is 2.92. The minimum absolute atomic E-state index is 0.527. The zero-order valence-electron chi connectivity index (χ0n) is 11.0. The van der Waals surface area contributed by atoms with Gasteiger partial charge in [-0.05, 0) is 25.1 Å². The Morgan fingerprint density at radius 1 is 1.16 bits per heavy atom. The van der Waals surface area contributed by atoms with E-state index in [4.69, 9.17) is 9.47 Å². The Morgan fingerprint density at radius 3 is 2.63 bits per heavy atom. The first-order valence-electron chi connectivity index (χ1n) is 6.35. The minimum Gasteiger partial charge on any atom is -0.490 e. The van der Waals surface area contributed by atoms with Crippen LogP contribution in [0, 0.1) is 0 Å². The number of para-hydroxylation sites is 2. The van der Waals surface area contributed by atoms with Gasteiger partial charge in [-0.3, -0.25) is 0 Å². The van der Waals surface area contributed by atoms with Gasteiger partial charge in [0.15, 0.2) is 11.5 Å². The monoisotopic (exact) mass is 258 g/mol. The van der Waals surface area contributed by atoms with E-state index in [9.17, 15) is 0 Å². The number of rotatable bonds is 7. The minimum atomic E-state index is 0.527. The summed E-state index contributed by atoms with van der Waals surface area (Å²) in [4.78, 5) is 3.98. The molecule has 2 aromatic rings. The summed E-state index contributed by atoms with van der Waals surface area (Å²) in [7, 11) is 0. The lowest BCUT2D eigenvalue weighted by Crippen LogP contribution is -1.99. The average molecular weight is 258 g/mol. The smallest absolute Gasteiger partial charge is 0.161 e. The van der Waals surface area contributed by atoms with Crippen LogP contribution in [0.25, 0.3) is 0 Å². The Hall–Kier alpha value is -2.23. The third kappa shape index (κ3) is 4.17. The Morgan fingerprint density at radius 2 is 1.95 bits per heavy atom. The largest absolute Gasteiger partial charge is 0.490 e. The molecule has 0 aliphatic carbocycles. The Labute approximate surface area is 113 Å². The summed E-state index contributed by atoms with van der Waals surface area (Å²) in [5.41, 5.74) is 0. The van der Waals surface area contributed by atoms with E-state index in [1.54, 1.807) is 12.5 Å². The van der Waals surface area contributed by atoms with Crippen LogP contribution in [0.15, 0.2) is 55.1 Å². The van der Waals surface area contributed by atoms with Crippen LogP contribution < -0.4 is 9.47 Å². The van der Waals surface area contributed by atoms with Gasteiger partial charge in [-0.2, -0.15) is 0 Å². The van der Waals surface area contributed by atoms with Crippen molar-refractivity contribution in [2.75, 3.05) is 13.2 Å². The van der Waals surface area contributed by atoms with Gasteiger partial charge in [0.25, 0.3) is 0 Å². The second-order valence-corrected chi connectivity index (χ2v) is 3.92. The summed E-state index contributed by atoms with van der Waals surface area (Å²) in [6.07, 6.45) is 9.52. The number of hydrogen-bond donors (Lipinski definition) is 0. The summed E-state index contributed by atoms with van der Waals surface area (Å²) in [6.45, 7) is 3.92. The maximum atomic E-state index is 5.67. The van der Waals surface area contributed by atoms with Crippen molar-refractivity contribution >= 4 is 0 Å². The molecule has 0 spiro atoms. The first-order chi connectivity index (χ1) is 9.40. The van der Waals surface area contributed by atoms with E-state index >= 15 is 0 Å². The second kappa shape index (κ2) is 7.26. The van der Waals surface area contributed by atoms with Crippen LogP contribution in [0.5, 0.6) is 11.5 Å². The van der Waals surface area contributed by atoms with Gasteiger partial charge in [0, 0.05) is 18.9 Å². The number of allylic oxidation sites excluding steroid dienone is 1. The van der Waals surface area contributed by atoms with Crippen LogP contribution in [0.2, 0.25) is 0 Å². The van der Waals surface area contributed by atoms with E-state index in [1.165, 1.54) is 0 Å². The molecule has 0 aliphatic rings. The van der Waals surface area contributed by atoms with Crippen molar-refractivity contribution in [3.05, 3.63) is 55.1 Å². The first kappa shape index (κ1) is 13.2. The Kier molecular flexibility index (Phi) is 5.05. The van der Waals surface area contributed by atoms with Gasteiger partial charge in [0.2, 0.25) is 0 Å². The van der Waals surface area contributed by atoms with Crippen LogP contribution in [-0.4, -0.2) is 22.8 Å². The second-order valence-electron chi connectivity index (χ2n) is 3.92. The highest BCUT2D eigenvalue weighted by Crippen LogP contribution is 2.26. The molecule has 19 heavy (non-hydrogen) atoms. The average Bonchev–Trinajstić information content (AvgIpc) is 2.94. The lowest BCUT2D eigenvalue weighted by molar-refractivity contribution is 0.296. The topological polar surface area (TPSA) is 36.3 Å². The van der Waals surface area contributed by atoms with Gasteiger partial charge < -0.3 is 14.0 Å². The maximum Gasteiger partial charge on any atom is 0.161 e. The number of aromatic nitrogens is 2. The Balaban J connectivity index is 1.80. The number of hydrogen-bond acceptors (Lipinski definition) is 3. The third-order valence-corrected chi connectivity index (χ3v) is 2.53. The van der Waals surface area contributed by atoms with E-state index in [-0.39, 0.29) is 0 Å². The Bertz CT molecular complexity index is 507. The highest BCUT2D eigenvalue weighted by Gasteiger charge is 2.01. The van der Waals surface area contributed by atoms with E-state index in [1.807, 2.05) is 54.1 Å². The van der Waals surface area contributed by atoms with Crippen molar-refractivity contribution in [3.8, 4) is 11.5 Å². The lowest BCUT2D eigenvalue weighted by Gasteiger charge is -2.09. The molecule has 1 aromatic heterocycles. The highest BCUT2D eigenvalue weighted by molar-refractivity contribution is 5.39. The van der Waals surface area contributed by atoms with Crippen molar-refractivity contribution < 1.29 is 9.47 Å². The molecular formula is C15H18N2O2. The van der Waals surface area contributed by atoms with Crippen molar-refractivity contribution in [3.63, 3.8) is 0 Å². The van der Waals surface area contributed by atoms with Gasteiger partial charge in [-0.1, -0.05) is 18.2 Å². The quantitative estimate of drug-likeness (QED) is 0.716. The normalized spacial score (nSPS) is 10.8. The molecule has 1 heterocycles. The van der Waals surface area contributed by atoms with Crippen LogP contribution in [0.4, 0.5) is 0 Å². The molecule has 4 nitrogen and oxygen atoms in total. The fourth-order valence-corrected chi connectivity index (χ4v) is 1.64. The van der Waals surface area contributed by atoms with Gasteiger partial charge in [-0.25, -0.2) is 4.98 Å². The first-order valence-corrected chi connectivity index (χ1v) is 6.35. The standard InChI is InChI=1S/C15H18N2O2/c1-2-18-14-7-3-4-8-15(14)19-12-6-5-10-17-11-9-16-13-17/h3-9,11,13H,2,10,12H2,1H3. The SMILES string of the molecule is CCOc1ccccc1OCC=CCn1ccnc1. The van der Waals surface area contributed by atoms with Crippen LogP contribution >= 0.6 is 0 Å². The summed E-state index contributed by atoms with van der Waals surface area (Å²) in [6, 6.07) is 7.70. The molecule has 1 aromatic carbocycles. The number of benzene rings is 1. The van der Waals surface area contributed by atoms with Gasteiger partial charge in [0.1, 0.15) is 6.61 Å². The summed E-state index contributed by atoms with van der Waals surface area (Å²) < 4.78 is 13.2. The number of nitrogens with zero attached hydrogens (tertiary/aromatic N) is 2. The molecule has 2 rings (SSSR count). The number of ether oxygens (including phenoxy) is 2. The molecule has 0 saturated heterocycles.